The summed E-state index contributed by atoms with van der Waals surface area (Å²) in [5.41, 5.74) is 2.55. The highest BCUT2D eigenvalue weighted by atomic mass is 79.9. The van der Waals surface area contributed by atoms with Gasteiger partial charge in [0.05, 0.1) is 6.20 Å². The van der Waals surface area contributed by atoms with Gasteiger partial charge in [-0.05, 0) is 31.0 Å². The maximum atomic E-state index is 12.4. The lowest BCUT2D eigenvalue weighted by molar-refractivity contribution is 0.0936. The van der Waals surface area contributed by atoms with Crippen LogP contribution in [-0.2, 0) is 13.5 Å². The van der Waals surface area contributed by atoms with Crippen LogP contribution in [-0.4, -0.2) is 26.7 Å². The van der Waals surface area contributed by atoms with Crippen LogP contribution in [0.3, 0.4) is 0 Å². The van der Waals surface area contributed by atoms with E-state index in [4.69, 9.17) is 0 Å². The van der Waals surface area contributed by atoms with Crippen molar-refractivity contribution in [1.82, 2.24) is 20.1 Å². The fraction of sp³-hybridized carbons (Fsp3) is 0.235. The Balaban J connectivity index is 1.62. The van der Waals surface area contributed by atoms with E-state index in [-0.39, 0.29) is 11.9 Å². The zero-order valence-electron chi connectivity index (χ0n) is 13.4. The molecule has 1 amide bonds. The molecule has 2 heterocycles. The minimum atomic E-state index is -0.147. The first-order valence-corrected chi connectivity index (χ1v) is 9.18. The predicted octanol–water partition coefficient (Wildman–Crippen LogP) is 3.67. The Labute approximate surface area is 152 Å². The number of amides is 1. The van der Waals surface area contributed by atoms with Crippen LogP contribution in [0.25, 0.3) is 10.6 Å². The zero-order valence-corrected chi connectivity index (χ0v) is 15.8. The lowest BCUT2D eigenvalue weighted by Crippen LogP contribution is -2.34. The Morgan fingerprint density at radius 2 is 2.12 bits per heavy atom. The summed E-state index contributed by atoms with van der Waals surface area (Å²) in [5.74, 6) is -0.147. The minimum Gasteiger partial charge on any atom is -0.348 e. The van der Waals surface area contributed by atoms with Gasteiger partial charge < -0.3 is 5.32 Å². The van der Waals surface area contributed by atoms with Gasteiger partial charge in [-0.25, -0.2) is 4.98 Å². The summed E-state index contributed by atoms with van der Waals surface area (Å²) in [6.07, 6.45) is 4.41. The van der Waals surface area contributed by atoms with Crippen molar-refractivity contribution in [3.8, 4) is 10.6 Å². The molecule has 1 N–H and O–H groups in total. The Bertz CT molecular complexity index is 840. The van der Waals surface area contributed by atoms with Gasteiger partial charge in [-0.3, -0.25) is 9.48 Å². The first-order valence-electron chi connectivity index (χ1n) is 7.51. The standard InChI is InChI=1S/C17H17BrN4OS/c1-11(7-12-3-5-14(18)6-4-12)20-16(23)15-10-24-17(21-15)13-8-19-22(2)9-13/h3-6,8-11H,7H2,1-2H3,(H,20,23). The highest BCUT2D eigenvalue weighted by Crippen LogP contribution is 2.23. The number of nitrogens with one attached hydrogen (secondary N) is 1. The molecule has 0 spiro atoms. The molecule has 1 unspecified atom stereocenters. The van der Waals surface area contributed by atoms with E-state index in [2.05, 4.69) is 43.5 Å². The molecule has 2 aromatic heterocycles. The number of thiazole rings is 1. The second-order valence-corrected chi connectivity index (χ2v) is 7.42. The number of hydrogen-bond acceptors (Lipinski definition) is 4. The molecule has 0 saturated heterocycles. The maximum Gasteiger partial charge on any atom is 0.270 e. The molecule has 7 heteroatoms. The molecule has 1 atom stereocenters. The average Bonchev–Trinajstić information content (AvgIpc) is 3.18. The van der Waals surface area contributed by atoms with Crippen LogP contribution in [0.5, 0.6) is 0 Å². The molecule has 24 heavy (non-hydrogen) atoms. The van der Waals surface area contributed by atoms with Gasteiger partial charge in [0.1, 0.15) is 10.7 Å². The van der Waals surface area contributed by atoms with Crippen LogP contribution in [0.1, 0.15) is 23.0 Å². The fourth-order valence-electron chi connectivity index (χ4n) is 2.37. The normalized spacial score (nSPS) is 12.1. The van der Waals surface area contributed by atoms with Crippen LogP contribution < -0.4 is 5.32 Å². The molecule has 1 aromatic carbocycles. The molecule has 0 saturated carbocycles. The summed E-state index contributed by atoms with van der Waals surface area (Å²) in [6, 6.07) is 8.14. The summed E-state index contributed by atoms with van der Waals surface area (Å²) in [5, 5.41) is 9.71. The van der Waals surface area contributed by atoms with Crippen LogP contribution in [0, 0.1) is 0 Å². The third kappa shape index (κ3) is 4.10. The molecule has 0 radical (unpaired) electrons. The molecule has 0 fully saturated rings. The van der Waals surface area contributed by atoms with Gasteiger partial charge in [0.25, 0.3) is 5.91 Å². The first kappa shape index (κ1) is 16.9. The monoisotopic (exact) mass is 404 g/mol. The predicted molar refractivity (Wildman–Crippen MR) is 99.1 cm³/mol. The van der Waals surface area contributed by atoms with E-state index in [9.17, 15) is 4.79 Å². The smallest absolute Gasteiger partial charge is 0.270 e. The number of halogens is 1. The van der Waals surface area contributed by atoms with E-state index in [0.29, 0.717) is 5.69 Å². The van der Waals surface area contributed by atoms with E-state index in [1.165, 1.54) is 16.9 Å². The van der Waals surface area contributed by atoms with Crippen molar-refractivity contribution in [2.24, 2.45) is 7.05 Å². The lowest BCUT2D eigenvalue weighted by atomic mass is 10.1. The van der Waals surface area contributed by atoms with Gasteiger partial charge in [-0.2, -0.15) is 5.10 Å². The molecular formula is C17H17BrN4OS. The largest absolute Gasteiger partial charge is 0.348 e. The van der Waals surface area contributed by atoms with Crippen molar-refractivity contribution < 1.29 is 4.79 Å². The Kier molecular flexibility index (Phi) is 5.11. The Morgan fingerprint density at radius 1 is 1.38 bits per heavy atom. The van der Waals surface area contributed by atoms with Crippen LogP contribution in [0.2, 0.25) is 0 Å². The van der Waals surface area contributed by atoms with Gasteiger partial charge in [-0.15, -0.1) is 11.3 Å². The third-order valence-electron chi connectivity index (χ3n) is 3.52. The molecule has 3 aromatic rings. The SMILES string of the molecule is CC(Cc1ccc(Br)cc1)NC(=O)c1csc(-c2cnn(C)c2)n1. The summed E-state index contributed by atoms with van der Waals surface area (Å²) < 4.78 is 2.77. The van der Waals surface area contributed by atoms with E-state index < -0.39 is 0 Å². The number of hydrogen-bond donors (Lipinski definition) is 1. The lowest BCUT2D eigenvalue weighted by Gasteiger charge is -2.13. The number of rotatable bonds is 5. The number of carbonyl (C=O) groups excluding carboxylic acids is 1. The molecule has 5 nitrogen and oxygen atoms in total. The number of benzene rings is 1. The number of carbonyl (C=O) groups is 1. The van der Waals surface area contributed by atoms with Crippen LogP contribution in [0.15, 0.2) is 46.5 Å². The summed E-state index contributed by atoms with van der Waals surface area (Å²) >= 11 is 4.87. The quantitative estimate of drug-likeness (QED) is 0.705. The number of aromatic nitrogens is 3. The van der Waals surface area contributed by atoms with E-state index in [0.717, 1.165) is 21.5 Å². The molecular weight excluding hydrogens is 388 g/mol. The topological polar surface area (TPSA) is 59.8 Å². The second kappa shape index (κ2) is 7.27. The maximum absolute atomic E-state index is 12.4. The molecule has 0 aliphatic rings. The molecule has 0 aliphatic heterocycles. The third-order valence-corrected chi connectivity index (χ3v) is 4.94. The van der Waals surface area contributed by atoms with Gasteiger partial charge >= 0.3 is 0 Å². The van der Waals surface area contributed by atoms with Gasteiger partial charge in [0.15, 0.2) is 0 Å². The molecule has 3 rings (SSSR count). The summed E-state index contributed by atoms with van der Waals surface area (Å²) in [4.78, 5) is 16.8. The van der Waals surface area contributed by atoms with Gasteiger partial charge in [-0.1, -0.05) is 28.1 Å². The summed E-state index contributed by atoms with van der Waals surface area (Å²) in [7, 11) is 1.86. The van der Waals surface area contributed by atoms with Gasteiger partial charge in [0, 0.05) is 34.7 Å². The highest BCUT2D eigenvalue weighted by Gasteiger charge is 2.15. The number of aryl methyl sites for hydroxylation is 1. The highest BCUT2D eigenvalue weighted by molar-refractivity contribution is 9.10. The van der Waals surface area contributed by atoms with E-state index in [1.807, 2.05) is 32.3 Å². The molecule has 0 aliphatic carbocycles. The zero-order chi connectivity index (χ0) is 17.1. The number of nitrogens with zero attached hydrogens (tertiary/aromatic N) is 3. The van der Waals surface area contributed by atoms with Crippen molar-refractivity contribution >= 4 is 33.2 Å². The van der Waals surface area contributed by atoms with Crippen molar-refractivity contribution in [2.75, 3.05) is 0 Å². The van der Waals surface area contributed by atoms with Crippen molar-refractivity contribution in [2.45, 2.75) is 19.4 Å². The molecule has 0 bridgehead atoms. The minimum absolute atomic E-state index is 0.0298. The van der Waals surface area contributed by atoms with E-state index in [1.54, 1.807) is 16.3 Å². The Morgan fingerprint density at radius 3 is 2.79 bits per heavy atom. The second-order valence-electron chi connectivity index (χ2n) is 5.65. The van der Waals surface area contributed by atoms with Crippen molar-refractivity contribution in [3.63, 3.8) is 0 Å². The van der Waals surface area contributed by atoms with E-state index >= 15 is 0 Å². The van der Waals surface area contributed by atoms with Gasteiger partial charge in [0.2, 0.25) is 0 Å². The van der Waals surface area contributed by atoms with Crippen molar-refractivity contribution in [3.05, 3.63) is 57.8 Å². The Hall–Kier alpha value is -1.99. The average molecular weight is 405 g/mol. The fourth-order valence-corrected chi connectivity index (χ4v) is 3.40. The first-order chi connectivity index (χ1) is 11.5. The van der Waals surface area contributed by atoms with Crippen molar-refractivity contribution in [1.29, 1.82) is 0 Å². The van der Waals surface area contributed by atoms with Crippen LogP contribution in [0.4, 0.5) is 0 Å². The summed E-state index contributed by atoms with van der Waals surface area (Å²) in [6.45, 7) is 1.99. The van der Waals surface area contributed by atoms with Crippen LogP contribution >= 0.6 is 27.3 Å². The molecule has 124 valence electrons.